The molecule has 0 spiro atoms. The summed E-state index contributed by atoms with van der Waals surface area (Å²) in [6, 6.07) is 18.2. The number of H-pyrrole nitrogens is 1. The molecule has 126 valence electrons. The Bertz CT molecular complexity index is 1150. The second-order valence-electron chi connectivity index (χ2n) is 5.82. The molecule has 7 heteroatoms. The third-order valence-electron chi connectivity index (χ3n) is 4.13. The van der Waals surface area contributed by atoms with Gasteiger partial charge in [-0.05, 0) is 42.0 Å². The minimum Gasteiger partial charge on any atom is -0.339 e. The second kappa shape index (κ2) is 6.12. The van der Waals surface area contributed by atoms with Crippen molar-refractivity contribution in [2.45, 2.75) is 0 Å². The van der Waals surface area contributed by atoms with Crippen LogP contribution in [-0.4, -0.2) is 25.0 Å². The fourth-order valence-corrected chi connectivity index (χ4v) is 3.55. The van der Waals surface area contributed by atoms with Crippen molar-refractivity contribution < 1.29 is 0 Å². The number of nitrogens with zero attached hydrogens (tertiary/aromatic N) is 4. The summed E-state index contributed by atoms with van der Waals surface area (Å²) in [5, 5.41) is 15.0. The number of thiazole rings is 1. The van der Waals surface area contributed by atoms with Crippen molar-refractivity contribution in [3.63, 3.8) is 0 Å². The number of hydrogen-bond acceptors (Lipinski definition) is 5. The van der Waals surface area contributed by atoms with Crippen molar-refractivity contribution in [2.24, 2.45) is 0 Å². The quantitative estimate of drug-likeness (QED) is 0.492. The molecular weight excluding hydrogens is 344 g/mol. The van der Waals surface area contributed by atoms with Crippen molar-refractivity contribution in [3.8, 4) is 16.9 Å². The van der Waals surface area contributed by atoms with Gasteiger partial charge in [-0.3, -0.25) is 5.10 Å². The van der Waals surface area contributed by atoms with Gasteiger partial charge in [0, 0.05) is 24.1 Å². The molecule has 0 fully saturated rings. The smallest absolute Gasteiger partial charge is 0.152 e. The first-order valence-corrected chi connectivity index (χ1v) is 8.99. The van der Waals surface area contributed by atoms with Crippen LogP contribution in [0, 0.1) is 0 Å². The monoisotopic (exact) mass is 358 g/mol. The van der Waals surface area contributed by atoms with Gasteiger partial charge in [0.25, 0.3) is 0 Å². The highest BCUT2D eigenvalue weighted by Gasteiger charge is 2.06. The first-order valence-electron chi connectivity index (χ1n) is 8.11. The summed E-state index contributed by atoms with van der Waals surface area (Å²) in [6.07, 6.45) is 3.69. The Hall–Kier alpha value is -3.45. The lowest BCUT2D eigenvalue weighted by atomic mass is 10.1. The second-order valence-corrected chi connectivity index (χ2v) is 6.71. The van der Waals surface area contributed by atoms with Crippen LogP contribution in [0.5, 0.6) is 0 Å². The zero-order valence-electron chi connectivity index (χ0n) is 13.6. The van der Waals surface area contributed by atoms with Gasteiger partial charge in [0.05, 0.1) is 27.1 Å². The van der Waals surface area contributed by atoms with E-state index >= 15 is 0 Å². The highest BCUT2D eigenvalue weighted by molar-refractivity contribution is 7.16. The normalized spacial score (nSPS) is 11.1. The summed E-state index contributed by atoms with van der Waals surface area (Å²) >= 11 is 1.63. The average Bonchev–Trinajstić information content (AvgIpc) is 3.43. The summed E-state index contributed by atoms with van der Waals surface area (Å²) < 4.78 is 2.99. The molecule has 2 aromatic carbocycles. The van der Waals surface area contributed by atoms with Crippen LogP contribution in [0.1, 0.15) is 0 Å². The number of anilines is 2. The van der Waals surface area contributed by atoms with E-state index in [2.05, 4.69) is 43.8 Å². The van der Waals surface area contributed by atoms with Crippen molar-refractivity contribution in [1.29, 1.82) is 0 Å². The number of aromatic amines is 1. The van der Waals surface area contributed by atoms with E-state index < -0.39 is 0 Å². The lowest BCUT2D eigenvalue weighted by molar-refractivity contribution is 0.880. The molecule has 5 rings (SSSR count). The topological polar surface area (TPSA) is 71.4 Å². The lowest BCUT2D eigenvalue weighted by Crippen LogP contribution is -1.93. The highest BCUT2D eigenvalue weighted by Crippen LogP contribution is 2.26. The molecule has 3 heterocycles. The first kappa shape index (κ1) is 14.9. The summed E-state index contributed by atoms with van der Waals surface area (Å²) in [7, 11) is 0. The molecule has 3 aromatic heterocycles. The van der Waals surface area contributed by atoms with Gasteiger partial charge in [-0.25, -0.2) is 9.67 Å². The van der Waals surface area contributed by atoms with Gasteiger partial charge in [0.15, 0.2) is 5.82 Å². The minimum atomic E-state index is 0.778. The van der Waals surface area contributed by atoms with E-state index in [0.717, 1.165) is 38.7 Å². The molecule has 0 aliphatic carbocycles. The van der Waals surface area contributed by atoms with Gasteiger partial charge in [0.1, 0.15) is 0 Å². The third-order valence-corrected chi connectivity index (χ3v) is 4.92. The number of aromatic nitrogens is 5. The maximum absolute atomic E-state index is 4.36. The van der Waals surface area contributed by atoms with E-state index in [1.807, 2.05) is 52.8 Å². The van der Waals surface area contributed by atoms with E-state index in [-0.39, 0.29) is 0 Å². The number of nitrogens with one attached hydrogen (secondary N) is 2. The van der Waals surface area contributed by atoms with E-state index in [9.17, 15) is 0 Å². The average molecular weight is 358 g/mol. The maximum Gasteiger partial charge on any atom is 0.152 e. The third kappa shape index (κ3) is 2.74. The molecule has 0 amide bonds. The highest BCUT2D eigenvalue weighted by atomic mass is 32.1. The van der Waals surface area contributed by atoms with Gasteiger partial charge in [0.2, 0.25) is 0 Å². The van der Waals surface area contributed by atoms with Gasteiger partial charge in [-0.1, -0.05) is 12.1 Å². The standard InChI is InChI=1S/C19H14N6S/c1-8-21-25(9-1)15-5-2-13(3-6-15)17-11-19(24-23-17)22-14-4-7-16-18(10-14)26-12-20-16/h1-12H,(H2,22,23,24). The summed E-state index contributed by atoms with van der Waals surface area (Å²) in [4.78, 5) is 4.30. The van der Waals surface area contributed by atoms with Gasteiger partial charge < -0.3 is 5.32 Å². The van der Waals surface area contributed by atoms with Crippen LogP contribution >= 0.6 is 11.3 Å². The molecule has 0 saturated heterocycles. The van der Waals surface area contributed by atoms with E-state index in [1.54, 1.807) is 17.5 Å². The van der Waals surface area contributed by atoms with Crippen LogP contribution in [0.3, 0.4) is 0 Å². The fourth-order valence-electron chi connectivity index (χ4n) is 2.83. The number of rotatable bonds is 4. The van der Waals surface area contributed by atoms with Crippen LogP contribution in [0.25, 0.3) is 27.2 Å². The summed E-state index contributed by atoms with van der Waals surface area (Å²) in [5.74, 6) is 0.778. The maximum atomic E-state index is 4.36. The van der Waals surface area contributed by atoms with Crippen LogP contribution in [0.2, 0.25) is 0 Å². The SMILES string of the molecule is c1cnn(-c2ccc(-c3cc(Nc4ccc5ncsc5c4)n[nH]3)cc2)c1. The zero-order chi connectivity index (χ0) is 17.3. The van der Waals surface area contributed by atoms with Crippen LogP contribution < -0.4 is 5.32 Å². The predicted octanol–water partition coefficient (Wildman–Crippen LogP) is 4.62. The van der Waals surface area contributed by atoms with E-state index in [4.69, 9.17) is 0 Å². The molecule has 0 aliphatic rings. The molecule has 0 unspecified atom stereocenters. The van der Waals surface area contributed by atoms with Crippen LogP contribution in [-0.2, 0) is 0 Å². The summed E-state index contributed by atoms with van der Waals surface area (Å²) in [6.45, 7) is 0. The Morgan fingerprint density at radius 3 is 2.81 bits per heavy atom. The number of benzene rings is 2. The molecule has 26 heavy (non-hydrogen) atoms. The van der Waals surface area contributed by atoms with Crippen LogP contribution in [0.4, 0.5) is 11.5 Å². The van der Waals surface area contributed by atoms with E-state index in [1.165, 1.54) is 0 Å². The molecule has 0 bridgehead atoms. The van der Waals surface area contributed by atoms with Crippen molar-refractivity contribution >= 4 is 33.1 Å². The van der Waals surface area contributed by atoms with Crippen LogP contribution in [0.15, 0.2) is 72.5 Å². The fraction of sp³-hybridized carbons (Fsp3) is 0. The molecule has 0 saturated carbocycles. The molecule has 0 radical (unpaired) electrons. The Kier molecular flexibility index (Phi) is 3.50. The molecule has 0 aliphatic heterocycles. The molecule has 5 aromatic rings. The number of hydrogen-bond donors (Lipinski definition) is 2. The minimum absolute atomic E-state index is 0.778. The number of fused-ring (bicyclic) bond motifs is 1. The Balaban J connectivity index is 1.37. The van der Waals surface area contributed by atoms with Crippen molar-refractivity contribution in [1.82, 2.24) is 25.0 Å². The lowest BCUT2D eigenvalue weighted by Gasteiger charge is -2.03. The molecule has 0 atom stereocenters. The zero-order valence-corrected chi connectivity index (χ0v) is 14.4. The Morgan fingerprint density at radius 1 is 1.04 bits per heavy atom. The Morgan fingerprint density at radius 2 is 1.96 bits per heavy atom. The van der Waals surface area contributed by atoms with E-state index in [0.29, 0.717) is 0 Å². The van der Waals surface area contributed by atoms with Crippen molar-refractivity contribution in [2.75, 3.05) is 5.32 Å². The molecular formula is C19H14N6S. The first-order chi connectivity index (χ1) is 12.8. The largest absolute Gasteiger partial charge is 0.339 e. The predicted molar refractivity (Wildman–Crippen MR) is 104 cm³/mol. The van der Waals surface area contributed by atoms with Gasteiger partial charge >= 0.3 is 0 Å². The molecule has 6 nitrogen and oxygen atoms in total. The van der Waals surface area contributed by atoms with Gasteiger partial charge in [-0.15, -0.1) is 11.3 Å². The molecule has 2 N–H and O–H groups in total. The summed E-state index contributed by atoms with van der Waals surface area (Å²) in [5.41, 5.74) is 6.91. The van der Waals surface area contributed by atoms with Crippen molar-refractivity contribution in [3.05, 3.63) is 72.5 Å². The Labute approximate surface area is 153 Å². The van der Waals surface area contributed by atoms with Gasteiger partial charge in [-0.2, -0.15) is 10.2 Å².